The second-order valence-corrected chi connectivity index (χ2v) is 19.1. The maximum Gasteiger partial charge on any atom is 0.122 e. The molecule has 4 heteroatoms. The first-order valence-corrected chi connectivity index (χ1v) is 24.5. The molecule has 1 aliphatic rings. The van der Waals surface area contributed by atoms with Crippen molar-refractivity contribution in [2.75, 3.05) is 9.80 Å². The van der Waals surface area contributed by atoms with Gasteiger partial charge in [-0.3, -0.25) is 0 Å². The maximum absolute atomic E-state index is 2.57. The molecule has 69 heavy (non-hydrogen) atoms. The molecule has 2 heterocycles. The van der Waals surface area contributed by atoms with Crippen LogP contribution >= 0.6 is 11.3 Å². The number of hydrogen-bond donors (Lipinski definition) is 0. The topological polar surface area (TPSA) is 11.4 Å². The summed E-state index contributed by atoms with van der Waals surface area (Å²) in [5.74, 6) is 0. The van der Waals surface area contributed by atoms with E-state index in [1.54, 1.807) is 0 Å². The first-order valence-electron chi connectivity index (χ1n) is 23.7. The monoisotopic (exact) mass is 897 g/mol. The molecule has 0 fully saturated rings. The van der Waals surface area contributed by atoms with Crippen molar-refractivity contribution in [1.82, 2.24) is 4.57 Å². The number of thiophene rings is 1. The zero-order chi connectivity index (χ0) is 45.5. The first kappa shape index (κ1) is 39.5. The molecule has 1 unspecified atom stereocenters. The largest absolute Gasteiger partial charge is 0.323 e. The van der Waals surface area contributed by atoms with E-state index in [-0.39, 0.29) is 0 Å². The van der Waals surface area contributed by atoms with E-state index in [0.29, 0.717) is 0 Å². The average Bonchev–Trinajstić information content (AvgIpc) is 4.05. The van der Waals surface area contributed by atoms with Gasteiger partial charge < -0.3 is 14.4 Å². The van der Waals surface area contributed by atoms with Gasteiger partial charge in [0.25, 0.3) is 0 Å². The van der Waals surface area contributed by atoms with Crippen molar-refractivity contribution >= 4 is 92.5 Å². The Morgan fingerprint density at radius 1 is 0.333 bits per heavy atom. The van der Waals surface area contributed by atoms with Crippen LogP contribution in [-0.2, 0) is 5.54 Å². The first-order chi connectivity index (χ1) is 34.2. The van der Waals surface area contributed by atoms with Crippen molar-refractivity contribution in [2.45, 2.75) is 5.54 Å². The molecule has 0 saturated carbocycles. The van der Waals surface area contributed by atoms with Crippen LogP contribution in [0.4, 0.5) is 28.4 Å². The van der Waals surface area contributed by atoms with Crippen LogP contribution in [0.15, 0.2) is 261 Å². The predicted octanol–water partition coefficient (Wildman–Crippen LogP) is 17.9. The van der Waals surface area contributed by atoms with Crippen LogP contribution in [0.25, 0.3) is 69.6 Å². The fourth-order valence-electron chi connectivity index (χ4n) is 11.5. The third kappa shape index (κ3) is 5.99. The Labute approximate surface area is 404 Å². The summed E-state index contributed by atoms with van der Waals surface area (Å²) in [5.41, 5.74) is 14.4. The van der Waals surface area contributed by atoms with E-state index in [0.717, 1.165) is 34.0 Å². The Balaban J connectivity index is 1.07. The SMILES string of the molecule is c1ccc(N(c2ccccc2)C2(c3ccccc3)c3ccccc3-c3ccc(N(c4ccc5c(c4)sc4ccccc45)c4ccc5c6ccccc6n(-c6cccc7ccccc67)c5c4)cc32)cc1. The number of anilines is 5. The van der Waals surface area contributed by atoms with E-state index in [1.807, 2.05) is 11.3 Å². The summed E-state index contributed by atoms with van der Waals surface area (Å²) in [5, 5.41) is 7.46. The van der Waals surface area contributed by atoms with Gasteiger partial charge in [0.2, 0.25) is 0 Å². The Kier molecular flexibility index (Phi) is 8.98. The van der Waals surface area contributed by atoms with Crippen LogP contribution in [0.1, 0.15) is 16.7 Å². The number of hydrogen-bond acceptors (Lipinski definition) is 3. The molecule has 0 aliphatic heterocycles. The van der Waals surface area contributed by atoms with E-state index >= 15 is 0 Å². The molecule has 11 aromatic carbocycles. The smallest absolute Gasteiger partial charge is 0.122 e. The molecule has 0 N–H and O–H groups in total. The van der Waals surface area contributed by atoms with Gasteiger partial charge in [0, 0.05) is 64.8 Å². The van der Waals surface area contributed by atoms with Gasteiger partial charge in [-0.05, 0) is 112 Å². The summed E-state index contributed by atoms with van der Waals surface area (Å²) in [6, 6.07) is 96.3. The summed E-state index contributed by atoms with van der Waals surface area (Å²) in [7, 11) is 0. The average molecular weight is 898 g/mol. The Morgan fingerprint density at radius 2 is 0.884 bits per heavy atom. The lowest BCUT2D eigenvalue weighted by Gasteiger charge is -2.45. The fourth-order valence-corrected chi connectivity index (χ4v) is 12.6. The normalized spacial score (nSPS) is 14.1. The van der Waals surface area contributed by atoms with Crippen molar-refractivity contribution in [3.63, 3.8) is 0 Å². The number of rotatable bonds is 8. The molecule has 1 atom stereocenters. The van der Waals surface area contributed by atoms with Crippen LogP contribution in [-0.4, -0.2) is 4.57 Å². The number of para-hydroxylation sites is 3. The van der Waals surface area contributed by atoms with Crippen LogP contribution in [0.3, 0.4) is 0 Å². The molecule has 0 bridgehead atoms. The zero-order valence-electron chi connectivity index (χ0n) is 37.6. The highest BCUT2D eigenvalue weighted by Gasteiger charge is 2.50. The number of nitrogens with zero attached hydrogens (tertiary/aromatic N) is 3. The fraction of sp³-hybridized carbons (Fsp3) is 0.0154. The molecule has 0 spiro atoms. The Morgan fingerprint density at radius 3 is 1.68 bits per heavy atom. The lowest BCUT2D eigenvalue weighted by atomic mass is 9.78. The molecule has 13 aromatic rings. The van der Waals surface area contributed by atoms with E-state index in [9.17, 15) is 0 Å². The molecule has 324 valence electrons. The number of benzene rings is 11. The quantitative estimate of drug-likeness (QED) is 0.151. The summed E-state index contributed by atoms with van der Waals surface area (Å²) >= 11 is 1.86. The number of aromatic nitrogens is 1. The van der Waals surface area contributed by atoms with Gasteiger partial charge in [-0.25, -0.2) is 0 Å². The predicted molar refractivity (Wildman–Crippen MR) is 293 cm³/mol. The van der Waals surface area contributed by atoms with Crippen molar-refractivity contribution in [2.24, 2.45) is 0 Å². The molecule has 0 amide bonds. The van der Waals surface area contributed by atoms with Gasteiger partial charge in [-0.1, -0.05) is 182 Å². The van der Waals surface area contributed by atoms with Gasteiger partial charge in [0.1, 0.15) is 5.54 Å². The lowest BCUT2D eigenvalue weighted by Crippen LogP contribution is -2.44. The van der Waals surface area contributed by atoms with Crippen LogP contribution in [0, 0.1) is 0 Å². The van der Waals surface area contributed by atoms with Crippen LogP contribution in [0.2, 0.25) is 0 Å². The highest BCUT2D eigenvalue weighted by Crippen LogP contribution is 2.59. The van der Waals surface area contributed by atoms with E-state index in [4.69, 9.17) is 0 Å². The van der Waals surface area contributed by atoms with Crippen molar-refractivity contribution < 1.29 is 0 Å². The van der Waals surface area contributed by atoms with Gasteiger partial charge in [-0.15, -0.1) is 11.3 Å². The molecule has 3 nitrogen and oxygen atoms in total. The zero-order valence-corrected chi connectivity index (χ0v) is 38.4. The van der Waals surface area contributed by atoms with E-state index in [2.05, 4.69) is 275 Å². The number of fused-ring (bicyclic) bond motifs is 10. The van der Waals surface area contributed by atoms with Gasteiger partial charge in [0.15, 0.2) is 0 Å². The van der Waals surface area contributed by atoms with Gasteiger partial charge >= 0.3 is 0 Å². The van der Waals surface area contributed by atoms with Crippen molar-refractivity contribution in [1.29, 1.82) is 0 Å². The third-order valence-corrected chi connectivity index (χ3v) is 15.5. The van der Waals surface area contributed by atoms with Crippen LogP contribution in [0.5, 0.6) is 0 Å². The standard InChI is InChI=1S/C65H43N3S/c1-4-21-45(22-5-1)65(68(46-23-6-2-7-24-46)47-25-8-3-9-26-47)58-31-15-12-28-52(58)53-38-35-48(41-59(53)65)66(50-37-40-57-56-30-14-17-34-63(56)69-64(57)43-50)49-36-39-55-54-29-13-16-32-61(54)67(62(55)42-49)60-33-18-20-44-19-10-11-27-51(44)60/h1-43H. The lowest BCUT2D eigenvalue weighted by molar-refractivity contribution is 0.644. The van der Waals surface area contributed by atoms with Crippen LogP contribution < -0.4 is 9.80 Å². The summed E-state index contributed by atoms with van der Waals surface area (Å²) in [4.78, 5) is 5.06. The van der Waals surface area contributed by atoms with Crippen molar-refractivity contribution in [3.8, 4) is 16.8 Å². The van der Waals surface area contributed by atoms with Crippen molar-refractivity contribution in [3.05, 3.63) is 278 Å². The van der Waals surface area contributed by atoms with E-state index < -0.39 is 5.54 Å². The molecule has 14 rings (SSSR count). The molecule has 0 radical (unpaired) electrons. The highest BCUT2D eigenvalue weighted by molar-refractivity contribution is 7.25. The minimum Gasteiger partial charge on any atom is -0.323 e. The molecule has 2 aromatic heterocycles. The minimum absolute atomic E-state index is 0.752. The Hall–Kier alpha value is -8.70. The minimum atomic E-state index is -0.752. The summed E-state index contributed by atoms with van der Waals surface area (Å²) in [6.07, 6.45) is 0. The third-order valence-electron chi connectivity index (χ3n) is 14.4. The molecule has 1 aliphatic carbocycles. The molecule has 0 saturated heterocycles. The Bertz CT molecular complexity index is 4050. The second-order valence-electron chi connectivity index (χ2n) is 18.0. The molecular formula is C65H43N3S. The summed E-state index contributed by atoms with van der Waals surface area (Å²) in [6.45, 7) is 0. The maximum atomic E-state index is 2.57. The van der Waals surface area contributed by atoms with Gasteiger partial charge in [-0.2, -0.15) is 0 Å². The van der Waals surface area contributed by atoms with E-state index in [1.165, 1.54) is 80.7 Å². The molecular weight excluding hydrogens is 855 g/mol. The highest BCUT2D eigenvalue weighted by atomic mass is 32.1. The summed E-state index contributed by atoms with van der Waals surface area (Å²) < 4.78 is 5.03. The second kappa shape index (κ2) is 15.7. The van der Waals surface area contributed by atoms with Gasteiger partial charge in [0.05, 0.1) is 16.7 Å².